The lowest BCUT2D eigenvalue weighted by Crippen LogP contribution is -2.59. The van der Waals surface area contributed by atoms with Crippen molar-refractivity contribution in [3.63, 3.8) is 0 Å². The number of rotatable bonds is 9. The SMILES string of the molecule is CCOC(=O)/N=C(\NC(CC1CCCCC1)C(=O)NC1(C#N)CCN(CCc2ccccc2)C1)N1CCOCC1. The Morgan fingerprint density at radius 2 is 1.93 bits per heavy atom. The molecule has 1 aromatic carbocycles. The van der Waals surface area contributed by atoms with Gasteiger partial charge < -0.3 is 25.0 Å². The molecular weight excluding hydrogens is 508 g/mol. The summed E-state index contributed by atoms with van der Waals surface area (Å²) in [7, 11) is 0. The van der Waals surface area contributed by atoms with Crippen LogP contribution < -0.4 is 10.6 Å². The number of nitrogens with zero attached hydrogens (tertiary/aromatic N) is 4. The number of aliphatic imine (C=N–C) groups is 1. The molecule has 2 saturated heterocycles. The van der Waals surface area contributed by atoms with Gasteiger partial charge in [-0.25, -0.2) is 4.79 Å². The zero-order valence-corrected chi connectivity index (χ0v) is 23.8. The quantitative estimate of drug-likeness (QED) is 0.354. The summed E-state index contributed by atoms with van der Waals surface area (Å²) in [6.45, 7) is 6.18. The molecule has 10 nitrogen and oxygen atoms in total. The number of carbonyl (C=O) groups is 2. The molecule has 2 atom stereocenters. The molecule has 1 saturated carbocycles. The highest BCUT2D eigenvalue weighted by atomic mass is 16.5. The van der Waals surface area contributed by atoms with Gasteiger partial charge in [-0.05, 0) is 37.7 Å². The molecule has 3 fully saturated rings. The van der Waals surface area contributed by atoms with Gasteiger partial charge in [0.25, 0.3) is 0 Å². The molecule has 0 bridgehead atoms. The van der Waals surface area contributed by atoms with E-state index in [-0.39, 0.29) is 12.5 Å². The summed E-state index contributed by atoms with van der Waals surface area (Å²) in [5.74, 6) is 0.510. The van der Waals surface area contributed by atoms with Crippen LogP contribution in [0.4, 0.5) is 4.79 Å². The second kappa shape index (κ2) is 15.0. The van der Waals surface area contributed by atoms with E-state index in [0.29, 0.717) is 57.6 Å². The predicted octanol–water partition coefficient (Wildman–Crippen LogP) is 3.09. The minimum absolute atomic E-state index is 0.218. The summed E-state index contributed by atoms with van der Waals surface area (Å²) in [6, 6.07) is 12.1. The van der Waals surface area contributed by atoms with E-state index in [0.717, 1.165) is 45.2 Å². The zero-order valence-electron chi connectivity index (χ0n) is 23.8. The van der Waals surface area contributed by atoms with E-state index in [1.807, 2.05) is 23.1 Å². The molecule has 0 aromatic heterocycles. The number of ether oxygens (including phenoxy) is 2. The lowest BCUT2D eigenvalue weighted by molar-refractivity contribution is -0.124. The van der Waals surface area contributed by atoms with Crippen molar-refractivity contribution in [2.45, 2.75) is 69.9 Å². The van der Waals surface area contributed by atoms with Crippen molar-refractivity contribution in [2.24, 2.45) is 10.9 Å². The summed E-state index contributed by atoms with van der Waals surface area (Å²) in [5.41, 5.74) is 0.312. The van der Waals surface area contributed by atoms with E-state index in [1.54, 1.807) is 6.92 Å². The fourth-order valence-electron chi connectivity index (χ4n) is 5.91. The number of morpholine rings is 1. The van der Waals surface area contributed by atoms with E-state index in [1.165, 1.54) is 12.0 Å². The Kier molecular flexibility index (Phi) is 11.2. The third kappa shape index (κ3) is 8.67. The van der Waals surface area contributed by atoms with E-state index in [9.17, 15) is 14.9 Å². The van der Waals surface area contributed by atoms with Gasteiger partial charge in [0.1, 0.15) is 11.6 Å². The van der Waals surface area contributed by atoms with Gasteiger partial charge in [0.2, 0.25) is 11.9 Å². The highest BCUT2D eigenvalue weighted by molar-refractivity contribution is 5.94. The summed E-state index contributed by atoms with van der Waals surface area (Å²) in [4.78, 5) is 34.6. The van der Waals surface area contributed by atoms with Crippen molar-refractivity contribution in [1.82, 2.24) is 20.4 Å². The molecule has 4 rings (SSSR count). The van der Waals surface area contributed by atoms with Crippen LogP contribution in [-0.2, 0) is 20.7 Å². The highest BCUT2D eigenvalue weighted by Crippen LogP contribution is 2.28. The minimum Gasteiger partial charge on any atom is -0.448 e. The molecule has 40 heavy (non-hydrogen) atoms. The Labute approximate surface area is 238 Å². The van der Waals surface area contributed by atoms with Crippen molar-refractivity contribution >= 4 is 18.0 Å². The smallest absolute Gasteiger partial charge is 0.436 e. The van der Waals surface area contributed by atoms with Gasteiger partial charge in [-0.3, -0.25) is 9.69 Å². The maximum absolute atomic E-state index is 13.9. The fourth-order valence-corrected chi connectivity index (χ4v) is 5.91. The number of carbonyl (C=O) groups excluding carboxylic acids is 2. The Balaban J connectivity index is 1.46. The van der Waals surface area contributed by atoms with Gasteiger partial charge in [-0.15, -0.1) is 4.99 Å². The van der Waals surface area contributed by atoms with Crippen LogP contribution in [0.25, 0.3) is 0 Å². The third-order valence-electron chi connectivity index (χ3n) is 8.17. The monoisotopic (exact) mass is 552 g/mol. The number of hydrogen-bond donors (Lipinski definition) is 2. The highest BCUT2D eigenvalue weighted by Gasteiger charge is 2.41. The number of benzene rings is 1. The molecule has 1 aliphatic carbocycles. The van der Waals surface area contributed by atoms with Crippen LogP contribution in [0.2, 0.25) is 0 Å². The average Bonchev–Trinajstić information content (AvgIpc) is 3.40. The normalized spacial score (nSPS) is 23.3. The molecule has 0 spiro atoms. The van der Waals surface area contributed by atoms with Gasteiger partial charge in [-0.1, -0.05) is 62.4 Å². The number of likely N-dealkylation sites (tertiary alicyclic amines) is 1. The van der Waals surface area contributed by atoms with Crippen molar-refractivity contribution in [2.75, 3.05) is 52.5 Å². The second-order valence-corrected chi connectivity index (χ2v) is 11.1. The van der Waals surface area contributed by atoms with E-state index in [2.05, 4.69) is 38.7 Å². The summed E-state index contributed by atoms with van der Waals surface area (Å²) in [6.07, 6.45) is 7.09. The molecule has 0 radical (unpaired) electrons. The van der Waals surface area contributed by atoms with Crippen LogP contribution in [-0.4, -0.2) is 91.9 Å². The Morgan fingerprint density at radius 1 is 1.18 bits per heavy atom. The summed E-state index contributed by atoms with van der Waals surface area (Å²) < 4.78 is 10.6. The molecule has 2 heterocycles. The standard InChI is InChI=1S/C30H44N6O4/c1-2-40-29(38)33-28(36-17-19-39-20-18-36)32-26(21-25-11-7-4-8-12-25)27(37)34-30(22-31)14-16-35(23-30)15-13-24-9-5-3-6-10-24/h3,5-6,9-10,25-26H,2,4,7-8,11-21,23H2,1H3,(H,34,37)(H,32,33,38). The van der Waals surface area contributed by atoms with Gasteiger partial charge in [0, 0.05) is 32.7 Å². The largest absolute Gasteiger partial charge is 0.448 e. The first-order valence-corrected chi connectivity index (χ1v) is 14.8. The van der Waals surface area contributed by atoms with Crippen LogP contribution in [0, 0.1) is 17.2 Å². The van der Waals surface area contributed by atoms with E-state index < -0.39 is 17.7 Å². The molecule has 10 heteroatoms. The van der Waals surface area contributed by atoms with Crippen LogP contribution >= 0.6 is 0 Å². The first kappa shape index (κ1) is 29.8. The van der Waals surface area contributed by atoms with Gasteiger partial charge in [-0.2, -0.15) is 5.26 Å². The number of nitrogens with one attached hydrogen (secondary N) is 2. The first-order valence-electron chi connectivity index (χ1n) is 14.8. The number of guanidine groups is 1. The molecule has 2 N–H and O–H groups in total. The lowest BCUT2D eigenvalue weighted by Gasteiger charge is -2.34. The van der Waals surface area contributed by atoms with Gasteiger partial charge in [0.15, 0.2) is 0 Å². The molecule has 2 unspecified atom stereocenters. The summed E-state index contributed by atoms with van der Waals surface area (Å²) in [5, 5.41) is 16.7. The predicted molar refractivity (Wildman–Crippen MR) is 153 cm³/mol. The number of nitriles is 1. The average molecular weight is 553 g/mol. The second-order valence-electron chi connectivity index (χ2n) is 11.1. The van der Waals surface area contributed by atoms with Crippen molar-refractivity contribution in [1.29, 1.82) is 5.26 Å². The molecule has 2 amide bonds. The molecule has 1 aromatic rings. The van der Waals surface area contributed by atoms with Crippen molar-refractivity contribution in [3.8, 4) is 6.07 Å². The van der Waals surface area contributed by atoms with Crippen LogP contribution in [0.5, 0.6) is 0 Å². The summed E-state index contributed by atoms with van der Waals surface area (Å²) >= 11 is 0. The van der Waals surface area contributed by atoms with Crippen LogP contribution in [0.15, 0.2) is 35.3 Å². The Hall–Kier alpha value is -3.16. The zero-order chi connectivity index (χ0) is 28.2. The molecule has 2 aliphatic heterocycles. The molecule has 3 aliphatic rings. The lowest BCUT2D eigenvalue weighted by atomic mass is 9.84. The van der Waals surface area contributed by atoms with Crippen molar-refractivity contribution in [3.05, 3.63) is 35.9 Å². The van der Waals surface area contributed by atoms with Crippen LogP contribution in [0.1, 0.15) is 57.4 Å². The molecule has 218 valence electrons. The van der Waals surface area contributed by atoms with Gasteiger partial charge in [0.05, 0.1) is 25.9 Å². The van der Waals surface area contributed by atoms with Crippen LogP contribution in [0.3, 0.4) is 0 Å². The topological polar surface area (TPSA) is 119 Å². The third-order valence-corrected chi connectivity index (χ3v) is 8.17. The minimum atomic E-state index is -0.947. The van der Waals surface area contributed by atoms with Gasteiger partial charge >= 0.3 is 6.09 Å². The maximum atomic E-state index is 13.9. The van der Waals surface area contributed by atoms with E-state index in [4.69, 9.17) is 9.47 Å². The number of amides is 2. The van der Waals surface area contributed by atoms with E-state index >= 15 is 0 Å². The van der Waals surface area contributed by atoms with Crippen molar-refractivity contribution < 1.29 is 19.1 Å². The fraction of sp³-hybridized carbons (Fsp3) is 0.667. The Bertz CT molecular complexity index is 1030. The first-order chi connectivity index (χ1) is 19.5. The number of hydrogen-bond acceptors (Lipinski definition) is 6. The molecular formula is C30H44N6O4. The maximum Gasteiger partial charge on any atom is 0.436 e. The Morgan fingerprint density at radius 3 is 2.62 bits per heavy atom.